The van der Waals surface area contributed by atoms with Crippen molar-refractivity contribution in [3.8, 4) is 0 Å². The summed E-state index contributed by atoms with van der Waals surface area (Å²) in [5.74, 6) is 0.0688. The molecule has 16 heavy (non-hydrogen) atoms. The Morgan fingerprint density at radius 1 is 1.69 bits per heavy atom. The molecule has 3 N–H and O–H groups in total. The maximum atomic E-state index is 11.7. The van der Waals surface area contributed by atoms with Gasteiger partial charge >= 0.3 is 0 Å². The van der Waals surface area contributed by atoms with Gasteiger partial charge in [0.05, 0.1) is 0 Å². The van der Waals surface area contributed by atoms with Gasteiger partial charge in [-0.3, -0.25) is 10.1 Å². The Hall–Kier alpha value is -1.80. The van der Waals surface area contributed by atoms with Crippen LogP contribution >= 0.6 is 11.3 Å². The van der Waals surface area contributed by atoms with Gasteiger partial charge in [-0.1, -0.05) is 0 Å². The standard InChI is InChI=1S/C8H10N6OS/c1-14-8(10-4-11-14)13-7(15)5-3-16-6(2-9)12-5/h3-4H,2,9H2,1H3,(H,10,11,13,15). The summed E-state index contributed by atoms with van der Waals surface area (Å²) in [6.45, 7) is 0.335. The lowest BCUT2D eigenvalue weighted by Gasteiger charge is -2.00. The number of amides is 1. The van der Waals surface area contributed by atoms with E-state index in [9.17, 15) is 4.79 Å². The van der Waals surface area contributed by atoms with Gasteiger partial charge in [-0.05, 0) is 0 Å². The molecule has 0 atom stereocenters. The summed E-state index contributed by atoms with van der Waals surface area (Å²) >= 11 is 1.35. The average Bonchev–Trinajstić information content (AvgIpc) is 2.88. The van der Waals surface area contributed by atoms with Crippen LogP contribution in [-0.4, -0.2) is 25.7 Å². The van der Waals surface area contributed by atoms with Crippen LogP contribution in [0, 0.1) is 0 Å². The van der Waals surface area contributed by atoms with Crippen molar-refractivity contribution >= 4 is 23.2 Å². The van der Waals surface area contributed by atoms with Gasteiger partial charge in [0.1, 0.15) is 17.0 Å². The molecule has 0 saturated heterocycles. The van der Waals surface area contributed by atoms with E-state index in [1.54, 1.807) is 12.4 Å². The van der Waals surface area contributed by atoms with Crippen molar-refractivity contribution in [1.82, 2.24) is 19.7 Å². The van der Waals surface area contributed by atoms with E-state index >= 15 is 0 Å². The van der Waals surface area contributed by atoms with Crippen LogP contribution in [0.1, 0.15) is 15.5 Å². The number of nitrogens with two attached hydrogens (primary N) is 1. The number of nitrogens with one attached hydrogen (secondary N) is 1. The lowest BCUT2D eigenvalue weighted by Crippen LogP contribution is -2.16. The zero-order valence-corrected chi connectivity index (χ0v) is 9.36. The van der Waals surface area contributed by atoms with Gasteiger partial charge < -0.3 is 5.73 Å². The Kier molecular flexibility index (Phi) is 2.93. The molecule has 0 aliphatic carbocycles. The number of thiazole rings is 1. The highest BCUT2D eigenvalue weighted by molar-refractivity contribution is 7.09. The van der Waals surface area contributed by atoms with Gasteiger partial charge in [-0.2, -0.15) is 10.1 Å². The van der Waals surface area contributed by atoms with E-state index in [0.29, 0.717) is 18.2 Å². The van der Waals surface area contributed by atoms with E-state index in [4.69, 9.17) is 5.73 Å². The van der Waals surface area contributed by atoms with Crippen LogP contribution < -0.4 is 11.1 Å². The fraction of sp³-hybridized carbons (Fsp3) is 0.250. The first-order valence-corrected chi connectivity index (χ1v) is 5.38. The first-order chi connectivity index (χ1) is 7.70. The Bertz CT molecular complexity index is 504. The average molecular weight is 238 g/mol. The van der Waals surface area contributed by atoms with Crippen LogP contribution in [0.4, 0.5) is 5.95 Å². The molecular weight excluding hydrogens is 228 g/mol. The predicted octanol–water partition coefficient (Wildman–Crippen LogP) is -0.0174. The molecule has 2 heterocycles. The Balaban J connectivity index is 2.11. The topological polar surface area (TPSA) is 98.7 Å². The molecule has 0 aliphatic heterocycles. The molecule has 0 radical (unpaired) electrons. The number of nitrogens with zero attached hydrogens (tertiary/aromatic N) is 4. The summed E-state index contributed by atoms with van der Waals surface area (Å²) in [6, 6.07) is 0. The van der Waals surface area contributed by atoms with Crippen LogP contribution in [0.15, 0.2) is 11.7 Å². The van der Waals surface area contributed by atoms with E-state index in [0.717, 1.165) is 5.01 Å². The van der Waals surface area contributed by atoms with Crippen molar-refractivity contribution in [2.24, 2.45) is 12.8 Å². The molecule has 2 aromatic rings. The zero-order chi connectivity index (χ0) is 11.5. The van der Waals surface area contributed by atoms with Crippen LogP contribution in [0.3, 0.4) is 0 Å². The van der Waals surface area contributed by atoms with Crippen molar-refractivity contribution in [3.05, 3.63) is 22.4 Å². The molecule has 0 fully saturated rings. The minimum absolute atomic E-state index is 0.313. The first kappa shape index (κ1) is 10.7. The Labute approximate surface area is 95.3 Å². The summed E-state index contributed by atoms with van der Waals surface area (Å²) in [4.78, 5) is 19.6. The van der Waals surface area contributed by atoms with E-state index < -0.39 is 0 Å². The Morgan fingerprint density at radius 2 is 2.50 bits per heavy atom. The van der Waals surface area contributed by atoms with Crippen LogP contribution in [0.5, 0.6) is 0 Å². The molecule has 84 valence electrons. The molecular formula is C8H10N6OS. The second-order valence-electron chi connectivity index (χ2n) is 2.99. The second kappa shape index (κ2) is 4.37. The maximum Gasteiger partial charge on any atom is 0.277 e. The molecule has 0 aromatic carbocycles. The van der Waals surface area contributed by atoms with Gasteiger partial charge in [0.15, 0.2) is 0 Å². The second-order valence-corrected chi connectivity index (χ2v) is 3.93. The minimum Gasteiger partial charge on any atom is -0.325 e. The maximum absolute atomic E-state index is 11.7. The zero-order valence-electron chi connectivity index (χ0n) is 8.54. The van der Waals surface area contributed by atoms with Crippen molar-refractivity contribution in [2.75, 3.05) is 5.32 Å². The number of hydrogen-bond donors (Lipinski definition) is 2. The highest BCUT2D eigenvalue weighted by Gasteiger charge is 2.12. The number of carbonyl (C=O) groups is 1. The fourth-order valence-electron chi connectivity index (χ4n) is 1.08. The summed E-state index contributed by atoms with van der Waals surface area (Å²) in [5, 5.41) is 8.82. The van der Waals surface area contributed by atoms with Crippen LogP contribution in [-0.2, 0) is 13.6 Å². The quantitative estimate of drug-likeness (QED) is 0.783. The fourth-order valence-corrected chi connectivity index (χ4v) is 1.74. The van der Waals surface area contributed by atoms with Crippen molar-refractivity contribution in [2.45, 2.75) is 6.54 Å². The van der Waals surface area contributed by atoms with Crippen molar-refractivity contribution in [3.63, 3.8) is 0 Å². The van der Waals surface area contributed by atoms with Crippen molar-refractivity contribution in [1.29, 1.82) is 0 Å². The lowest BCUT2D eigenvalue weighted by atomic mass is 10.4. The number of aryl methyl sites for hydroxylation is 1. The SMILES string of the molecule is Cn1ncnc1NC(=O)c1csc(CN)n1. The molecule has 1 amide bonds. The summed E-state index contributed by atoms with van der Waals surface area (Å²) in [7, 11) is 1.69. The molecule has 0 spiro atoms. The summed E-state index contributed by atoms with van der Waals surface area (Å²) in [6.07, 6.45) is 1.36. The molecule has 0 saturated carbocycles. The largest absolute Gasteiger partial charge is 0.325 e. The first-order valence-electron chi connectivity index (χ1n) is 4.50. The number of carbonyl (C=O) groups excluding carboxylic acids is 1. The number of rotatable bonds is 3. The lowest BCUT2D eigenvalue weighted by molar-refractivity contribution is 0.102. The van der Waals surface area contributed by atoms with Crippen molar-refractivity contribution < 1.29 is 4.79 Å². The van der Waals surface area contributed by atoms with Gasteiger partial charge in [0.2, 0.25) is 5.95 Å². The summed E-state index contributed by atoms with van der Waals surface area (Å²) in [5.41, 5.74) is 5.75. The normalized spacial score (nSPS) is 10.4. The predicted molar refractivity (Wildman–Crippen MR) is 59.0 cm³/mol. The van der Waals surface area contributed by atoms with E-state index in [-0.39, 0.29) is 5.91 Å². The highest BCUT2D eigenvalue weighted by Crippen LogP contribution is 2.10. The molecule has 0 unspecified atom stereocenters. The number of aromatic nitrogens is 4. The minimum atomic E-state index is -0.313. The summed E-state index contributed by atoms with van der Waals surface area (Å²) < 4.78 is 1.47. The monoisotopic (exact) mass is 238 g/mol. The third-order valence-corrected chi connectivity index (χ3v) is 2.77. The third kappa shape index (κ3) is 2.07. The van der Waals surface area contributed by atoms with Gasteiger partial charge in [0.25, 0.3) is 5.91 Å². The van der Waals surface area contributed by atoms with E-state index in [1.807, 2.05) is 0 Å². The third-order valence-electron chi connectivity index (χ3n) is 1.90. The molecule has 2 aromatic heterocycles. The van der Waals surface area contributed by atoms with Gasteiger partial charge in [-0.25, -0.2) is 9.67 Å². The Morgan fingerprint density at radius 3 is 3.06 bits per heavy atom. The van der Waals surface area contributed by atoms with Crippen LogP contribution in [0.2, 0.25) is 0 Å². The smallest absolute Gasteiger partial charge is 0.277 e. The van der Waals surface area contributed by atoms with Gasteiger partial charge in [0, 0.05) is 19.0 Å². The molecule has 7 nitrogen and oxygen atoms in total. The molecule has 0 bridgehead atoms. The molecule has 0 aliphatic rings. The highest BCUT2D eigenvalue weighted by atomic mass is 32.1. The van der Waals surface area contributed by atoms with E-state index in [2.05, 4.69) is 20.4 Å². The molecule has 2 rings (SSSR count). The van der Waals surface area contributed by atoms with E-state index in [1.165, 1.54) is 22.3 Å². The molecule has 8 heteroatoms. The van der Waals surface area contributed by atoms with Gasteiger partial charge in [-0.15, -0.1) is 11.3 Å². The number of anilines is 1. The van der Waals surface area contributed by atoms with Crippen LogP contribution in [0.25, 0.3) is 0 Å². The number of hydrogen-bond acceptors (Lipinski definition) is 6.